The minimum atomic E-state index is -0.109. The first-order chi connectivity index (χ1) is 4.84. The molecule has 4 heteroatoms. The van der Waals surface area contributed by atoms with E-state index in [9.17, 15) is 9.59 Å². The Morgan fingerprint density at radius 2 is 2.50 bits per heavy atom. The normalized spacial score (nSPS) is 16.4. The highest BCUT2D eigenvalue weighted by molar-refractivity contribution is 6.05. The average Bonchev–Trinajstić information content (AvgIpc) is 1.94. The summed E-state index contributed by atoms with van der Waals surface area (Å²) in [5.41, 5.74) is 0.262. The van der Waals surface area contributed by atoms with Crippen LogP contribution in [0.1, 0.15) is 6.42 Å². The van der Waals surface area contributed by atoms with Crippen LogP contribution >= 0.6 is 0 Å². The van der Waals surface area contributed by atoms with Gasteiger partial charge in [-0.25, -0.2) is 0 Å². The fourth-order valence-electron chi connectivity index (χ4n) is 0.626. The van der Waals surface area contributed by atoms with E-state index in [1.54, 1.807) is 0 Å². The molecule has 0 fully saturated rings. The molecular weight excluding hydrogens is 132 g/mol. The second-order valence-electron chi connectivity index (χ2n) is 1.76. The summed E-state index contributed by atoms with van der Waals surface area (Å²) in [6.45, 7) is 0. The number of hydrogen-bond acceptors (Lipinski definition) is 3. The van der Waals surface area contributed by atoms with Gasteiger partial charge in [-0.3, -0.25) is 14.6 Å². The molecule has 0 radical (unpaired) electrons. The standard InChI is InChI=1S/C6H6N2O2/c9-4-8-5-3-7-2-1-6(5)10/h2-4H,1H2,(H,8,9). The molecule has 0 aromatic carbocycles. The zero-order valence-electron chi connectivity index (χ0n) is 5.20. The number of allylic oxidation sites excluding steroid dienone is 1. The number of hydrogen-bond donors (Lipinski definition) is 1. The third-order valence-electron chi connectivity index (χ3n) is 1.10. The first-order valence-corrected chi connectivity index (χ1v) is 2.80. The summed E-state index contributed by atoms with van der Waals surface area (Å²) < 4.78 is 0. The van der Waals surface area contributed by atoms with Crippen molar-refractivity contribution in [2.45, 2.75) is 6.42 Å². The molecule has 0 aromatic heterocycles. The molecule has 0 atom stereocenters. The lowest BCUT2D eigenvalue weighted by Crippen LogP contribution is -2.20. The van der Waals surface area contributed by atoms with Gasteiger partial charge in [-0.1, -0.05) is 0 Å². The van der Waals surface area contributed by atoms with Crippen molar-refractivity contribution in [2.24, 2.45) is 4.99 Å². The monoisotopic (exact) mass is 138 g/mol. The summed E-state index contributed by atoms with van der Waals surface area (Å²) in [5.74, 6) is -0.109. The van der Waals surface area contributed by atoms with Gasteiger partial charge in [0.05, 0.1) is 6.20 Å². The molecule has 52 valence electrons. The smallest absolute Gasteiger partial charge is 0.211 e. The van der Waals surface area contributed by atoms with Crippen LogP contribution in [0.15, 0.2) is 16.9 Å². The lowest BCUT2D eigenvalue weighted by molar-refractivity contribution is -0.116. The van der Waals surface area contributed by atoms with Crippen molar-refractivity contribution >= 4 is 18.4 Å². The summed E-state index contributed by atoms with van der Waals surface area (Å²) in [6, 6.07) is 0. The molecule has 0 bridgehead atoms. The molecule has 10 heavy (non-hydrogen) atoms. The minimum absolute atomic E-state index is 0.109. The Balaban J connectivity index is 2.70. The van der Waals surface area contributed by atoms with Gasteiger partial charge < -0.3 is 5.32 Å². The predicted molar refractivity (Wildman–Crippen MR) is 35.4 cm³/mol. The number of rotatable bonds is 2. The van der Waals surface area contributed by atoms with Crippen molar-refractivity contribution < 1.29 is 9.59 Å². The van der Waals surface area contributed by atoms with E-state index in [4.69, 9.17) is 0 Å². The summed E-state index contributed by atoms with van der Waals surface area (Å²) >= 11 is 0. The second kappa shape index (κ2) is 2.91. The lowest BCUT2D eigenvalue weighted by Gasteiger charge is -2.03. The number of aliphatic imine (C=N–C) groups is 1. The van der Waals surface area contributed by atoms with Crippen molar-refractivity contribution in [3.8, 4) is 0 Å². The fourth-order valence-corrected chi connectivity index (χ4v) is 0.626. The molecule has 0 aromatic rings. The Morgan fingerprint density at radius 3 is 3.10 bits per heavy atom. The van der Waals surface area contributed by atoms with Crippen LogP contribution in [0.2, 0.25) is 0 Å². The Hall–Kier alpha value is -1.45. The van der Waals surface area contributed by atoms with E-state index < -0.39 is 0 Å². The Morgan fingerprint density at radius 1 is 1.70 bits per heavy atom. The molecule has 0 saturated carbocycles. The van der Waals surface area contributed by atoms with Crippen LogP contribution in [0.5, 0.6) is 0 Å². The summed E-state index contributed by atoms with van der Waals surface area (Å²) in [4.78, 5) is 24.4. The van der Waals surface area contributed by atoms with Gasteiger partial charge in [-0.15, -0.1) is 0 Å². The zero-order chi connectivity index (χ0) is 7.40. The Labute approximate surface area is 57.6 Å². The topological polar surface area (TPSA) is 58.5 Å². The highest BCUT2D eigenvalue weighted by Crippen LogP contribution is 1.99. The number of nitrogens with zero attached hydrogens (tertiary/aromatic N) is 1. The van der Waals surface area contributed by atoms with Crippen molar-refractivity contribution in [2.75, 3.05) is 0 Å². The van der Waals surface area contributed by atoms with Crippen LogP contribution < -0.4 is 5.32 Å². The van der Waals surface area contributed by atoms with Crippen LogP contribution in [0.25, 0.3) is 0 Å². The van der Waals surface area contributed by atoms with Gasteiger partial charge in [0.15, 0.2) is 5.78 Å². The van der Waals surface area contributed by atoms with E-state index in [2.05, 4.69) is 10.3 Å². The number of amides is 1. The highest BCUT2D eigenvalue weighted by Gasteiger charge is 2.08. The molecule has 0 spiro atoms. The third kappa shape index (κ3) is 1.28. The van der Waals surface area contributed by atoms with Gasteiger partial charge >= 0.3 is 0 Å². The Kier molecular flexibility index (Phi) is 1.94. The largest absolute Gasteiger partial charge is 0.324 e. The first-order valence-electron chi connectivity index (χ1n) is 2.80. The van der Waals surface area contributed by atoms with E-state index in [-0.39, 0.29) is 17.9 Å². The third-order valence-corrected chi connectivity index (χ3v) is 1.10. The van der Waals surface area contributed by atoms with E-state index in [1.165, 1.54) is 12.4 Å². The van der Waals surface area contributed by atoms with Crippen molar-refractivity contribution in [1.82, 2.24) is 5.32 Å². The van der Waals surface area contributed by atoms with Gasteiger partial charge in [0, 0.05) is 12.6 Å². The first kappa shape index (κ1) is 6.67. The quantitative estimate of drug-likeness (QED) is 0.528. The molecule has 1 amide bonds. The molecule has 0 unspecified atom stereocenters. The van der Waals surface area contributed by atoms with Gasteiger partial charge in [-0.05, 0) is 0 Å². The van der Waals surface area contributed by atoms with Crippen molar-refractivity contribution in [3.05, 3.63) is 11.9 Å². The second-order valence-corrected chi connectivity index (χ2v) is 1.76. The molecule has 1 rings (SSSR count). The minimum Gasteiger partial charge on any atom is -0.324 e. The van der Waals surface area contributed by atoms with Crippen molar-refractivity contribution in [3.63, 3.8) is 0 Å². The number of nitrogens with one attached hydrogen (secondary N) is 1. The number of carbonyl (C=O) groups excluding carboxylic acids is 2. The maximum atomic E-state index is 10.8. The molecule has 1 aliphatic heterocycles. The SMILES string of the molecule is O=CNC1=CN=CCC1=O. The predicted octanol–water partition coefficient (Wildman–Crippen LogP) is -0.383. The molecular formula is C6H6N2O2. The van der Waals surface area contributed by atoms with E-state index in [0.717, 1.165) is 0 Å². The summed E-state index contributed by atoms with van der Waals surface area (Å²) in [7, 11) is 0. The van der Waals surface area contributed by atoms with Crippen molar-refractivity contribution in [1.29, 1.82) is 0 Å². The van der Waals surface area contributed by atoms with E-state index in [0.29, 0.717) is 6.41 Å². The summed E-state index contributed by atoms with van der Waals surface area (Å²) in [6.07, 6.45) is 3.57. The molecule has 0 aliphatic carbocycles. The number of Topliss-reactive ketones (excluding diaryl/α,β-unsaturated/α-hetero) is 1. The van der Waals surface area contributed by atoms with Gasteiger partial charge in [0.2, 0.25) is 6.41 Å². The molecule has 1 aliphatic rings. The van der Waals surface area contributed by atoms with Gasteiger partial charge in [0.1, 0.15) is 5.70 Å². The maximum Gasteiger partial charge on any atom is 0.211 e. The van der Waals surface area contributed by atoms with Crippen LogP contribution in [0, 0.1) is 0 Å². The summed E-state index contributed by atoms with van der Waals surface area (Å²) in [5, 5.41) is 2.25. The zero-order valence-corrected chi connectivity index (χ0v) is 5.20. The molecule has 4 nitrogen and oxygen atoms in total. The van der Waals surface area contributed by atoms with Crippen LogP contribution in [-0.2, 0) is 9.59 Å². The van der Waals surface area contributed by atoms with Crippen LogP contribution in [0.3, 0.4) is 0 Å². The highest BCUT2D eigenvalue weighted by atomic mass is 16.1. The fraction of sp³-hybridized carbons (Fsp3) is 0.167. The Bertz CT molecular complexity index is 218. The van der Waals surface area contributed by atoms with Crippen LogP contribution in [0.4, 0.5) is 0 Å². The average molecular weight is 138 g/mol. The number of carbonyl (C=O) groups is 2. The van der Waals surface area contributed by atoms with Gasteiger partial charge in [0.25, 0.3) is 0 Å². The van der Waals surface area contributed by atoms with Crippen LogP contribution in [-0.4, -0.2) is 18.4 Å². The van der Waals surface area contributed by atoms with E-state index >= 15 is 0 Å². The van der Waals surface area contributed by atoms with Gasteiger partial charge in [-0.2, -0.15) is 0 Å². The maximum absolute atomic E-state index is 10.8. The molecule has 1 heterocycles. The molecule has 1 N–H and O–H groups in total. The number of ketones is 1. The van der Waals surface area contributed by atoms with E-state index in [1.807, 2.05) is 0 Å². The molecule has 0 saturated heterocycles. The lowest BCUT2D eigenvalue weighted by atomic mass is 10.2.